The summed E-state index contributed by atoms with van der Waals surface area (Å²) in [5.74, 6) is -0.183. The van der Waals surface area contributed by atoms with Gasteiger partial charge in [0.05, 0.1) is 33.2 Å². The Bertz CT molecular complexity index is 443. The molecule has 1 aromatic rings. The summed E-state index contributed by atoms with van der Waals surface area (Å²) in [5.41, 5.74) is 3.67. The number of nitrogens with one attached hydrogen (secondary N) is 3. The maximum Gasteiger partial charge on any atom is 0.257 e. The Hall–Kier alpha value is -1.50. The van der Waals surface area contributed by atoms with Gasteiger partial charge < -0.3 is 4.90 Å². The molecule has 1 aliphatic rings. The van der Waals surface area contributed by atoms with Crippen LogP contribution in [0.5, 0.6) is 0 Å². The highest BCUT2D eigenvalue weighted by atomic mass is 32.1. The number of likely N-dealkylation sites (N-methyl/N-ethyl adjacent to an activating group) is 1. The fraction of sp³-hybridized carbons (Fsp3) is 0.385. The van der Waals surface area contributed by atoms with Crippen LogP contribution in [0.3, 0.4) is 0 Å². The van der Waals surface area contributed by atoms with Crippen LogP contribution < -0.4 is 15.6 Å². The first-order valence-corrected chi connectivity index (χ1v) is 6.79. The predicted octanol–water partition coefficient (Wildman–Crippen LogP) is -0.964. The van der Waals surface area contributed by atoms with Crippen molar-refractivity contribution in [3.8, 4) is 0 Å². The van der Waals surface area contributed by atoms with Gasteiger partial charge in [0.25, 0.3) is 5.91 Å². The van der Waals surface area contributed by atoms with E-state index in [0.717, 1.165) is 26.2 Å². The van der Waals surface area contributed by atoms with E-state index in [4.69, 9.17) is 12.2 Å². The van der Waals surface area contributed by atoms with Crippen LogP contribution in [0.2, 0.25) is 0 Å². The zero-order valence-corrected chi connectivity index (χ0v) is 11.8. The van der Waals surface area contributed by atoms with Crippen molar-refractivity contribution in [1.29, 1.82) is 0 Å². The molecule has 0 aliphatic carbocycles. The van der Waals surface area contributed by atoms with Crippen molar-refractivity contribution >= 4 is 23.2 Å². The van der Waals surface area contributed by atoms with E-state index in [1.165, 1.54) is 4.90 Å². The Morgan fingerprint density at radius 2 is 1.89 bits per heavy atom. The van der Waals surface area contributed by atoms with Gasteiger partial charge in [0.1, 0.15) is 0 Å². The van der Waals surface area contributed by atoms with Crippen LogP contribution in [-0.4, -0.2) is 49.3 Å². The molecule has 0 aromatic heterocycles. The molecule has 2 rings (SSSR count). The van der Waals surface area contributed by atoms with E-state index in [-0.39, 0.29) is 5.91 Å². The molecule has 1 aliphatic heterocycles. The summed E-state index contributed by atoms with van der Waals surface area (Å²) in [6, 6.07) is 9.05. The van der Waals surface area contributed by atoms with Crippen molar-refractivity contribution in [3.05, 3.63) is 35.9 Å². The molecule has 0 bridgehead atoms. The highest BCUT2D eigenvalue weighted by Crippen LogP contribution is 1.97. The average molecular weight is 279 g/mol. The molecule has 6 heteroatoms. The Kier molecular flexibility index (Phi) is 4.84. The number of thiocarbonyl (C=S) groups is 1. The minimum Gasteiger partial charge on any atom is -0.335 e. The first-order valence-electron chi connectivity index (χ1n) is 6.38. The second-order valence-electron chi connectivity index (χ2n) is 4.71. The zero-order chi connectivity index (χ0) is 13.7. The molecule has 1 amide bonds. The summed E-state index contributed by atoms with van der Waals surface area (Å²) >= 11 is 5.15. The molecule has 1 fully saturated rings. The summed E-state index contributed by atoms with van der Waals surface area (Å²) < 4.78 is 0. The number of benzene rings is 1. The number of hydrazine groups is 1. The molecule has 3 N–H and O–H groups in total. The monoisotopic (exact) mass is 279 g/mol. The van der Waals surface area contributed by atoms with Crippen LogP contribution in [-0.2, 0) is 0 Å². The SMILES string of the molecule is C[NH+]1CCN(NC(=S)NC(=O)c2ccccc2)CC1. The molecule has 1 saturated heterocycles. The van der Waals surface area contributed by atoms with E-state index >= 15 is 0 Å². The maximum absolute atomic E-state index is 11.9. The number of carbonyl (C=O) groups is 1. The third kappa shape index (κ3) is 4.27. The standard InChI is InChI=1S/C13H18N4OS/c1-16-7-9-17(10-8-16)15-13(19)14-12(18)11-5-3-2-4-6-11/h2-6H,7-10H2,1H3,(H2,14,15,18,19)/p+1. The van der Waals surface area contributed by atoms with Crippen molar-refractivity contribution in [2.45, 2.75) is 0 Å². The second-order valence-corrected chi connectivity index (χ2v) is 5.11. The highest BCUT2D eigenvalue weighted by Gasteiger charge is 2.17. The van der Waals surface area contributed by atoms with Crippen LogP contribution in [0.1, 0.15) is 10.4 Å². The lowest BCUT2D eigenvalue weighted by atomic mass is 10.2. The molecule has 1 aromatic carbocycles. The molecule has 0 unspecified atom stereocenters. The molecule has 0 saturated carbocycles. The summed E-state index contributed by atoms with van der Waals surface area (Å²) in [7, 11) is 2.17. The number of nitrogens with zero attached hydrogens (tertiary/aromatic N) is 1. The smallest absolute Gasteiger partial charge is 0.257 e. The lowest BCUT2D eigenvalue weighted by molar-refractivity contribution is -0.884. The molecule has 0 spiro atoms. The number of carbonyl (C=O) groups excluding carboxylic acids is 1. The van der Waals surface area contributed by atoms with Gasteiger partial charge in [-0.15, -0.1) is 0 Å². The fourth-order valence-corrected chi connectivity index (χ4v) is 2.16. The summed E-state index contributed by atoms with van der Waals surface area (Å²) in [5, 5.41) is 5.08. The Morgan fingerprint density at radius 1 is 1.26 bits per heavy atom. The minimum atomic E-state index is -0.183. The number of hydrogen-bond acceptors (Lipinski definition) is 3. The predicted molar refractivity (Wildman–Crippen MR) is 77.8 cm³/mol. The van der Waals surface area contributed by atoms with Crippen LogP contribution >= 0.6 is 12.2 Å². The number of quaternary nitrogens is 1. The highest BCUT2D eigenvalue weighted by molar-refractivity contribution is 7.80. The fourth-order valence-electron chi connectivity index (χ4n) is 1.94. The molecule has 0 radical (unpaired) electrons. The second kappa shape index (κ2) is 6.60. The van der Waals surface area contributed by atoms with Gasteiger partial charge in [-0.05, 0) is 24.4 Å². The van der Waals surface area contributed by atoms with Crippen LogP contribution in [0.25, 0.3) is 0 Å². The van der Waals surface area contributed by atoms with Gasteiger partial charge in [0, 0.05) is 5.56 Å². The molecular formula is C13H19N4OS+. The molecule has 0 atom stereocenters. The van der Waals surface area contributed by atoms with Crippen molar-refractivity contribution in [2.75, 3.05) is 33.2 Å². The minimum absolute atomic E-state index is 0.183. The Labute approximate surface area is 118 Å². The Balaban J connectivity index is 1.80. The van der Waals surface area contributed by atoms with Crippen molar-refractivity contribution in [1.82, 2.24) is 15.8 Å². The summed E-state index contributed by atoms with van der Waals surface area (Å²) in [6.45, 7) is 3.99. The van der Waals surface area contributed by atoms with Gasteiger partial charge in [-0.2, -0.15) is 0 Å². The summed E-state index contributed by atoms with van der Waals surface area (Å²) in [6.07, 6.45) is 0. The molecule has 102 valence electrons. The van der Waals surface area contributed by atoms with E-state index in [2.05, 4.69) is 17.8 Å². The van der Waals surface area contributed by atoms with Gasteiger partial charge in [0.15, 0.2) is 5.11 Å². The van der Waals surface area contributed by atoms with E-state index in [1.807, 2.05) is 23.2 Å². The molecule has 19 heavy (non-hydrogen) atoms. The lowest BCUT2D eigenvalue weighted by Crippen LogP contribution is -3.12. The summed E-state index contributed by atoms with van der Waals surface area (Å²) in [4.78, 5) is 13.4. The van der Waals surface area contributed by atoms with E-state index < -0.39 is 0 Å². The molecular weight excluding hydrogens is 260 g/mol. The maximum atomic E-state index is 11.9. The van der Waals surface area contributed by atoms with Crippen LogP contribution in [0, 0.1) is 0 Å². The zero-order valence-electron chi connectivity index (χ0n) is 11.0. The largest absolute Gasteiger partial charge is 0.335 e. The first-order chi connectivity index (χ1) is 9.15. The van der Waals surface area contributed by atoms with E-state index in [0.29, 0.717) is 10.7 Å². The number of hydrogen-bond donors (Lipinski definition) is 3. The first kappa shape index (κ1) is 13.9. The van der Waals surface area contributed by atoms with Gasteiger partial charge in [0.2, 0.25) is 0 Å². The molecule has 1 heterocycles. The third-order valence-corrected chi connectivity index (χ3v) is 3.33. The number of rotatable bonds is 2. The van der Waals surface area contributed by atoms with E-state index in [1.54, 1.807) is 12.1 Å². The van der Waals surface area contributed by atoms with Crippen molar-refractivity contribution < 1.29 is 9.69 Å². The van der Waals surface area contributed by atoms with Gasteiger partial charge in [-0.25, -0.2) is 5.01 Å². The van der Waals surface area contributed by atoms with E-state index in [9.17, 15) is 4.79 Å². The van der Waals surface area contributed by atoms with Gasteiger partial charge in [-0.3, -0.25) is 15.5 Å². The third-order valence-electron chi connectivity index (χ3n) is 3.14. The number of amides is 1. The van der Waals surface area contributed by atoms with Crippen LogP contribution in [0.15, 0.2) is 30.3 Å². The van der Waals surface area contributed by atoms with Crippen molar-refractivity contribution in [2.24, 2.45) is 0 Å². The lowest BCUT2D eigenvalue weighted by Gasteiger charge is -2.30. The topological polar surface area (TPSA) is 48.8 Å². The average Bonchev–Trinajstić information content (AvgIpc) is 2.42. The van der Waals surface area contributed by atoms with Crippen molar-refractivity contribution in [3.63, 3.8) is 0 Å². The van der Waals surface area contributed by atoms with Gasteiger partial charge in [-0.1, -0.05) is 18.2 Å². The van der Waals surface area contributed by atoms with Crippen LogP contribution in [0.4, 0.5) is 0 Å². The quantitative estimate of drug-likeness (QED) is 0.610. The molecule has 5 nitrogen and oxygen atoms in total. The Morgan fingerprint density at radius 3 is 2.53 bits per heavy atom. The normalized spacial score (nSPS) is 16.9. The number of piperazine rings is 1. The van der Waals surface area contributed by atoms with Gasteiger partial charge >= 0.3 is 0 Å².